The fourth-order valence-corrected chi connectivity index (χ4v) is 2.53. The molecule has 5 heteroatoms. The molecule has 0 aliphatic rings. The summed E-state index contributed by atoms with van der Waals surface area (Å²) in [6.45, 7) is 3.93. The lowest BCUT2D eigenvalue weighted by molar-refractivity contribution is 0.0937. The highest BCUT2D eigenvalue weighted by molar-refractivity contribution is 9.10. The molecule has 17 heavy (non-hydrogen) atoms. The van der Waals surface area contributed by atoms with E-state index in [1.54, 1.807) is 6.07 Å². The van der Waals surface area contributed by atoms with Gasteiger partial charge in [-0.2, -0.15) is 0 Å². The van der Waals surface area contributed by atoms with Gasteiger partial charge in [-0.3, -0.25) is 4.79 Å². The van der Waals surface area contributed by atoms with Gasteiger partial charge in [-0.25, -0.2) is 4.39 Å². The predicted molar refractivity (Wildman–Crippen MR) is 74.0 cm³/mol. The Morgan fingerprint density at radius 3 is 2.71 bits per heavy atom. The minimum atomic E-state index is -0.431. The van der Waals surface area contributed by atoms with Crippen molar-refractivity contribution in [3.63, 3.8) is 0 Å². The number of alkyl halides is 1. The van der Waals surface area contributed by atoms with Crippen molar-refractivity contribution < 1.29 is 9.18 Å². The van der Waals surface area contributed by atoms with Crippen molar-refractivity contribution in [2.24, 2.45) is 0 Å². The van der Waals surface area contributed by atoms with E-state index in [0.29, 0.717) is 10.4 Å². The van der Waals surface area contributed by atoms with Gasteiger partial charge in [0.15, 0.2) is 0 Å². The Hall–Kier alpha value is -0.420. The van der Waals surface area contributed by atoms with Crippen molar-refractivity contribution in [1.82, 2.24) is 5.32 Å². The molecule has 2 nitrogen and oxygen atoms in total. The molecular formula is C12H14Br2FNO. The van der Waals surface area contributed by atoms with Crippen LogP contribution in [-0.4, -0.2) is 16.8 Å². The Kier molecular flexibility index (Phi) is 5.59. The van der Waals surface area contributed by atoms with Crippen LogP contribution in [0.15, 0.2) is 22.7 Å². The van der Waals surface area contributed by atoms with Gasteiger partial charge in [-0.15, -0.1) is 0 Å². The topological polar surface area (TPSA) is 29.1 Å². The van der Waals surface area contributed by atoms with E-state index in [1.807, 2.05) is 13.8 Å². The van der Waals surface area contributed by atoms with Crippen molar-refractivity contribution in [2.45, 2.75) is 31.1 Å². The molecule has 2 atom stereocenters. The molecule has 0 aliphatic heterocycles. The number of nitrogens with one attached hydrogen (secondary N) is 1. The highest BCUT2D eigenvalue weighted by Crippen LogP contribution is 2.20. The molecule has 0 heterocycles. The first-order chi connectivity index (χ1) is 7.91. The van der Waals surface area contributed by atoms with Crippen LogP contribution in [0.2, 0.25) is 0 Å². The SMILES string of the molecule is CC(Br)CC(C)NC(=O)c1cccc(F)c1Br. The minimum absolute atomic E-state index is 0.0343. The molecule has 1 rings (SSSR count). The van der Waals surface area contributed by atoms with Gasteiger partial charge in [0.05, 0.1) is 10.0 Å². The van der Waals surface area contributed by atoms with Crippen LogP contribution in [0.3, 0.4) is 0 Å². The molecule has 94 valence electrons. The summed E-state index contributed by atoms with van der Waals surface area (Å²) in [4.78, 5) is 12.2. The zero-order valence-corrected chi connectivity index (χ0v) is 12.8. The van der Waals surface area contributed by atoms with Crippen LogP contribution in [0.1, 0.15) is 30.6 Å². The molecule has 0 aliphatic carbocycles. The fourth-order valence-electron chi connectivity index (χ4n) is 1.53. The number of carbonyl (C=O) groups is 1. The molecule has 0 bridgehead atoms. The van der Waals surface area contributed by atoms with Crippen LogP contribution in [0.4, 0.5) is 4.39 Å². The van der Waals surface area contributed by atoms with E-state index in [4.69, 9.17) is 0 Å². The Balaban J connectivity index is 2.73. The fraction of sp³-hybridized carbons (Fsp3) is 0.417. The van der Waals surface area contributed by atoms with Crippen LogP contribution < -0.4 is 5.32 Å². The van der Waals surface area contributed by atoms with E-state index >= 15 is 0 Å². The monoisotopic (exact) mass is 365 g/mol. The van der Waals surface area contributed by atoms with Crippen LogP contribution in [0, 0.1) is 5.82 Å². The number of carbonyl (C=O) groups excluding carboxylic acids is 1. The number of amides is 1. The van der Waals surface area contributed by atoms with Crippen molar-refractivity contribution in [2.75, 3.05) is 0 Å². The second-order valence-electron chi connectivity index (χ2n) is 3.99. The van der Waals surface area contributed by atoms with Crippen LogP contribution in [0.25, 0.3) is 0 Å². The van der Waals surface area contributed by atoms with E-state index in [1.165, 1.54) is 12.1 Å². The lowest BCUT2D eigenvalue weighted by atomic mass is 10.1. The minimum Gasteiger partial charge on any atom is -0.350 e. The first-order valence-corrected chi connectivity index (χ1v) is 7.01. The van der Waals surface area contributed by atoms with Gasteiger partial charge in [0.2, 0.25) is 0 Å². The van der Waals surface area contributed by atoms with E-state index in [0.717, 1.165) is 6.42 Å². The van der Waals surface area contributed by atoms with Crippen molar-refractivity contribution in [3.8, 4) is 0 Å². The summed E-state index contributed by atoms with van der Waals surface area (Å²) in [6, 6.07) is 4.46. The lowest BCUT2D eigenvalue weighted by Gasteiger charge is -2.15. The average Bonchev–Trinajstić information content (AvgIpc) is 2.20. The Morgan fingerprint density at radius 2 is 2.12 bits per heavy atom. The van der Waals surface area contributed by atoms with Crippen molar-refractivity contribution >= 4 is 37.8 Å². The van der Waals surface area contributed by atoms with Gasteiger partial charge in [0.25, 0.3) is 5.91 Å². The first kappa shape index (κ1) is 14.6. The number of benzene rings is 1. The normalized spacial score (nSPS) is 14.2. The third-order valence-corrected chi connectivity index (χ3v) is 3.43. The maximum Gasteiger partial charge on any atom is 0.252 e. The standard InChI is InChI=1S/C12H14Br2FNO/c1-7(13)6-8(2)16-12(17)9-4-3-5-10(15)11(9)14/h3-5,7-8H,6H2,1-2H3,(H,16,17). The van der Waals surface area contributed by atoms with E-state index in [9.17, 15) is 9.18 Å². The summed E-state index contributed by atoms with van der Waals surface area (Å²) in [6.07, 6.45) is 0.818. The molecule has 1 aromatic carbocycles. The highest BCUT2D eigenvalue weighted by Gasteiger charge is 2.15. The zero-order valence-electron chi connectivity index (χ0n) is 9.64. The van der Waals surface area contributed by atoms with E-state index in [-0.39, 0.29) is 16.4 Å². The quantitative estimate of drug-likeness (QED) is 0.805. The van der Waals surface area contributed by atoms with Gasteiger partial charge in [0, 0.05) is 10.9 Å². The average molecular weight is 367 g/mol. The number of hydrogen-bond donors (Lipinski definition) is 1. The summed E-state index contributed by atoms with van der Waals surface area (Å²) in [5.41, 5.74) is 0.319. The third kappa shape index (κ3) is 4.39. The van der Waals surface area contributed by atoms with Crippen LogP contribution >= 0.6 is 31.9 Å². The summed E-state index contributed by atoms with van der Waals surface area (Å²) >= 11 is 6.50. The summed E-state index contributed by atoms with van der Waals surface area (Å²) < 4.78 is 13.5. The molecule has 0 radical (unpaired) electrons. The highest BCUT2D eigenvalue weighted by atomic mass is 79.9. The molecule has 1 amide bonds. The molecule has 0 aromatic heterocycles. The van der Waals surface area contributed by atoms with Gasteiger partial charge >= 0.3 is 0 Å². The maximum absolute atomic E-state index is 13.3. The number of hydrogen-bond acceptors (Lipinski definition) is 1. The van der Waals surface area contributed by atoms with Crippen LogP contribution in [-0.2, 0) is 0 Å². The molecule has 0 saturated heterocycles. The van der Waals surface area contributed by atoms with E-state index < -0.39 is 5.82 Å². The summed E-state index contributed by atoms with van der Waals surface area (Å²) in [7, 11) is 0. The molecule has 0 fully saturated rings. The van der Waals surface area contributed by atoms with Crippen molar-refractivity contribution in [1.29, 1.82) is 0 Å². The van der Waals surface area contributed by atoms with Gasteiger partial charge in [-0.05, 0) is 41.4 Å². The smallest absolute Gasteiger partial charge is 0.252 e. The molecule has 1 aromatic rings. The molecule has 0 saturated carbocycles. The second-order valence-corrected chi connectivity index (χ2v) is 6.35. The second kappa shape index (κ2) is 6.50. The summed E-state index contributed by atoms with van der Waals surface area (Å²) in [5.74, 6) is -0.698. The molecule has 0 spiro atoms. The predicted octanol–water partition coefficient (Wildman–Crippen LogP) is 3.88. The molecule has 1 N–H and O–H groups in total. The van der Waals surface area contributed by atoms with Gasteiger partial charge < -0.3 is 5.32 Å². The molecular weight excluding hydrogens is 353 g/mol. The first-order valence-electron chi connectivity index (χ1n) is 5.30. The van der Waals surface area contributed by atoms with E-state index in [2.05, 4.69) is 37.2 Å². The summed E-state index contributed by atoms with van der Waals surface area (Å²) in [5, 5.41) is 2.83. The maximum atomic E-state index is 13.3. The van der Waals surface area contributed by atoms with Gasteiger partial charge in [0.1, 0.15) is 5.82 Å². The van der Waals surface area contributed by atoms with Gasteiger partial charge in [-0.1, -0.05) is 28.9 Å². The number of halogens is 3. The lowest BCUT2D eigenvalue weighted by Crippen LogP contribution is -2.34. The third-order valence-electron chi connectivity index (χ3n) is 2.25. The molecule has 2 unspecified atom stereocenters. The Morgan fingerprint density at radius 1 is 1.47 bits per heavy atom. The Bertz CT molecular complexity index is 409. The van der Waals surface area contributed by atoms with Crippen molar-refractivity contribution in [3.05, 3.63) is 34.1 Å². The Labute approximate surface area is 117 Å². The zero-order chi connectivity index (χ0) is 13.0. The largest absolute Gasteiger partial charge is 0.350 e. The van der Waals surface area contributed by atoms with Crippen LogP contribution in [0.5, 0.6) is 0 Å². The number of rotatable bonds is 4.